The van der Waals surface area contributed by atoms with Crippen LogP contribution in [-0.2, 0) is 15.9 Å². The molecule has 2 aliphatic rings. The molecule has 0 saturated carbocycles. The summed E-state index contributed by atoms with van der Waals surface area (Å²) in [6.07, 6.45) is 4.70. The Hall–Kier alpha value is -1.67. The number of urea groups is 1. The van der Waals surface area contributed by atoms with E-state index in [0.29, 0.717) is 37.2 Å². The second-order valence-corrected chi connectivity index (χ2v) is 8.89. The fraction of sp³-hybridized carbons (Fsp3) is 0.850. The number of nitrogens with zero attached hydrogens (tertiary/aromatic N) is 3. The molecule has 0 bridgehead atoms. The Kier molecular flexibility index (Phi) is 7.29. The molecule has 3 rings (SSSR count). The Morgan fingerprint density at radius 1 is 1.29 bits per heavy atom. The van der Waals surface area contributed by atoms with Gasteiger partial charge in [-0.1, -0.05) is 5.16 Å². The van der Waals surface area contributed by atoms with Gasteiger partial charge in [0, 0.05) is 44.9 Å². The second kappa shape index (κ2) is 9.69. The summed E-state index contributed by atoms with van der Waals surface area (Å²) in [7, 11) is 0. The lowest BCUT2D eigenvalue weighted by Gasteiger charge is -2.33. The highest BCUT2D eigenvalue weighted by Crippen LogP contribution is 2.26. The van der Waals surface area contributed by atoms with E-state index >= 15 is 0 Å². The maximum absolute atomic E-state index is 12.4. The van der Waals surface area contributed by atoms with Crippen molar-refractivity contribution < 1.29 is 18.8 Å². The van der Waals surface area contributed by atoms with Gasteiger partial charge in [0.05, 0.1) is 12.5 Å². The van der Waals surface area contributed by atoms with Crippen molar-refractivity contribution in [3.05, 3.63) is 11.7 Å². The molecule has 1 unspecified atom stereocenters. The van der Waals surface area contributed by atoms with E-state index in [2.05, 4.69) is 15.5 Å². The fourth-order valence-electron chi connectivity index (χ4n) is 3.62. The summed E-state index contributed by atoms with van der Waals surface area (Å²) in [5, 5.41) is 7.12. The van der Waals surface area contributed by atoms with Crippen molar-refractivity contribution in [3.63, 3.8) is 0 Å². The van der Waals surface area contributed by atoms with E-state index in [0.717, 1.165) is 52.0 Å². The molecule has 158 valence electrons. The van der Waals surface area contributed by atoms with E-state index in [1.165, 1.54) is 0 Å². The van der Waals surface area contributed by atoms with E-state index in [4.69, 9.17) is 14.0 Å². The molecule has 2 fully saturated rings. The highest BCUT2D eigenvalue weighted by atomic mass is 16.5. The van der Waals surface area contributed by atoms with Gasteiger partial charge in [-0.15, -0.1) is 0 Å². The van der Waals surface area contributed by atoms with E-state index in [1.807, 2.05) is 25.7 Å². The first-order valence-electron chi connectivity index (χ1n) is 10.5. The van der Waals surface area contributed by atoms with Gasteiger partial charge in [0.1, 0.15) is 0 Å². The van der Waals surface area contributed by atoms with Gasteiger partial charge >= 0.3 is 6.03 Å². The zero-order valence-electron chi connectivity index (χ0n) is 17.4. The molecule has 3 heterocycles. The minimum absolute atomic E-state index is 0.0292. The first-order chi connectivity index (χ1) is 13.4. The van der Waals surface area contributed by atoms with Crippen LogP contribution >= 0.6 is 0 Å². The number of aromatic nitrogens is 2. The highest BCUT2D eigenvalue weighted by molar-refractivity contribution is 5.75. The van der Waals surface area contributed by atoms with Gasteiger partial charge in [0.15, 0.2) is 5.82 Å². The Balaban J connectivity index is 1.43. The van der Waals surface area contributed by atoms with Crippen molar-refractivity contribution in [2.75, 3.05) is 39.5 Å². The zero-order valence-corrected chi connectivity index (χ0v) is 17.4. The van der Waals surface area contributed by atoms with Gasteiger partial charge < -0.3 is 24.2 Å². The molecule has 0 radical (unpaired) electrons. The third-order valence-corrected chi connectivity index (χ3v) is 5.19. The Morgan fingerprint density at radius 2 is 2.07 bits per heavy atom. The highest BCUT2D eigenvalue weighted by Gasteiger charge is 2.29. The van der Waals surface area contributed by atoms with Crippen LogP contribution in [0.2, 0.25) is 0 Å². The molecule has 1 atom stereocenters. The standard InChI is InChI=1S/C20H34N4O4/c1-20(2,3)22-19(25)24-9-4-5-16(13-24)18-21-17(23-28-18)8-12-27-14-15-6-10-26-11-7-15/h15-16H,4-14H2,1-3H3,(H,22,25). The third-order valence-electron chi connectivity index (χ3n) is 5.19. The molecule has 2 saturated heterocycles. The van der Waals surface area contributed by atoms with Crippen molar-refractivity contribution in [1.29, 1.82) is 0 Å². The molecule has 28 heavy (non-hydrogen) atoms. The van der Waals surface area contributed by atoms with Crippen molar-refractivity contribution in [3.8, 4) is 0 Å². The third kappa shape index (κ3) is 6.44. The molecule has 8 heteroatoms. The summed E-state index contributed by atoms with van der Waals surface area (Å²) < 4.78 is 16.6. The number of piperidine rings is 1. The summed E-state index contributed by atoms with van der Waals surface area (Å²) in [6.45, 7) is 10.4. The molecule has 0 spiro atoms. The lowest BCUT2D eigenvalue weighted by Crippen LogP contribution is -2.51. The second-order valence-electron chi connectivity index (χ2n) is 8.89. The number of hydrogen-bond acceptors (Lipinski definition) is 6. The van der Waals surface area contributed by atoms with Gasteiger partial charge in [-0.2, -0.15) is 4.98 Å². The summed E-state index contributed by atoms with van der Waals surface area (Å²) in [6, 6.07) is -0.0292. The number of carbonyl (C=O) groups excluding carboxylic acids is 1. The van der Waals surface area contributed by atoms with Crippen LogP contribution in [0.3, 0.4) is 0 Å². The summed E-state index contributed by atoms with van der Waals surface area (Å²) in [5.41, 5.74) is -0.244. The van der Waals surface area contributed by atoms with Gasteiger partial charge in [0.2, 0.25) is 5.89 Å². The summed E-state index contributed by atoms with van der Waals surface area (Å²) in [4.78, 5) is 18.8. The van der Waals surface area contributed by atoms with Crippen molar-refractivity contribution in [1.82, 2.24) is 20.4 Å². The van der Waals surface area contributed by atoms with Crippen molar-refractivity contribution >= 4 is 6.03 Å². The molecular weight excluding hydrogens is 360 g/mol. The van der Waals surface area contributed by atoms with Crippen molar-refractivity contribution in [2.45, 2.75) is 64.3 Å². The molecule has 0 aliphatic carbocycles. The van der Waals surface area contributed by atoms with Gasteiger partial charge in [-0.05, 0) is 52.4 Å². The maximum Gasteiger partial charge on any atom is 0.317 e. The number of nitrogens with one attached hydrogen (secondary N) is 1. The number of likely N-dealkylation sites (tertiary alicyclic amines) is 1. The summed E-state index contributed by atoms with van der Waals surface area (Å²) >= 11 is 0. The number of rotatable bonds is 6. The first-order valence-corrected chi connectivity index (χ1v) is 10.5. The zero-order chi connectivity index (χ0) is 20.0. The van der Waals surface area contributed by atoms with Crippen molar-refractivity contribution in [2.24, 2.45) is 5.92 Å². The Morgan fingerprint density at radius 3 is 2.82 bits per heavy atom. The van der Waals surface area contributed by atoms with E-state index in [-0.39, 0.29) is 17.5 Å². The minimum atomic E-state index is -0.244. The quantitative estimate of drug-likeness (QED) is 0.746. The average Bonchev–Trinajstić information content (AvgIpc) is 3.14. The number of carbonyl (C=O) groups is 1. The topological polar surface area (TPSA) is 89.7 Å². The predicted molar refractivity (Wildman–Crippen MR) is 104 cm³/mol. The predicted octanol–water partition coefficient (Wildman–Crippen LogP) is 2.74. The lowest BCUT2D eigenvalue weighted by molar-refractivity contribution is 0.0211. The van der Waals surface area contributed by atoms with Crippen LogP contribution in [-0.4, -0.2) is 66.1 Å². The normalized spacial score (nSPS) is 21.7. The number of hydrogen-bond donors (Lipinski definition) is 1. The van der Waals surface area contributed by atoms with E-state index in [9.17, 15) is 4.79 Å². The van der Waals surface area contributed by atoms with E-state index < -0.39 is 0 Å². The van der Waals surface area contributed by atoms with E-state index in [1.54, 1.807) is 0 Å². The molecule has 1 aromatic rings. The monoisotopic (exact) mass is 394 g/mol. The van der Waals surface area contributed by atoms with Crippen LogP contribution in [0.1, 0.15) is 64.1 Å². The molecule has 2 amide bonds. The summed E-state index contributed by atoms with van der Waals surface area (Å²) in [5.74, 6) is 2.01. The first kappa shape index (κ1) is 21.0. The molecule has 0 aromatic carbocycles. The minimum Gasteiger partial charge on any atom is -0.381 e. The average molecular weight is 395 g/mol. The lowest BCUT2D eigenvalue weighted by atomic mass is 9.98. The number of amides is 2. The maximum atomic E-state index is 12.4. The molecule has 2 aliphatic heterocycles. The molecular formula is C20H34N4O4. The SMILES string of the molecule is CC(C)(C)NC(=O)N1CCCC(c2nc(CCOCC3CCOCC3)no2)C1. The Bertz CT molecular complexity index is 622. The van der Waals surface area contributed by atoms with Crippen LogP contribution in [0.25, 0.3) is 0 Å². The molecule has 1 aromatic heterocycles. The number of ether oxygens (including phenoxy) is 2. The van der Waals surface area contributed by atoms with Crippen LogP contribution in [0.4, 0.5) is 4.79 Å². The van der Waals surface area contributed by atoms with Crippen LogP contribution in [0.5, 0.6) is 0 Å². The fourth-order valence-corrected chi connectivity index (χ4v) is 3.62. The van der Waals surface area contributed by atoms with Gasteiger partial charge in [-0.3, -0.25) is 0 Å². The molecule has 8 nitrogen and oxygen atoms in total. The largest absolute Gasteiger partial charge is 0.381 e. The van der Waals surface area contributed by atoms with Gasteiger partial charge in [0.25, 0.3) is 0 Å². The smallest absolute Gasteiger partial charge is 0.317 e. The Labute approximate surface area is 167 Å². The van der Waals surface area contributed by atoms with Gasteiger partial charge in [-0.25, -0.2) is 4.79 Å². The van der Waals surface area contributed by atoms with Crippen LogP contribution in [0.15, 0.2) is 4.52 Å². The molecule has 1 N–H and O–H groups in total. The van der Waals surface area contributed by atoms with Crippen LogP contribution in [0, 0.1) is 5.92 Å². The van der Waals surface area contributed by atoms with Crippen LogP contribution < -0.4 is 5.32 Å².